The third kappa shape index (κ3) is 5.86. The number of hydrogen-bond acceptors (Lipinski definition) is 6. The number of aryl methyl sites for hydroxylation is 2. The summed E-state index contributed by atoms with van der Waals surface area (Å²) in [5.74, 6) is -0.456. The summed E-state index contributed by atoms with van der Waals surface area (Å²) in [5.41, 5.74) is 4.12. The molecule has 0 aliphatic heterocycles. The fourth-order valence-corrected chi connectivity index (χ4v) is 2.92. The Bertz CT molecular complexity index is 1100. The number of rotatable bonds is 5. The van der Waals surface area contributed by atoms with Crippen molar-refractivity contribution in [2.75, 3.05) is 26.0 Å². The van der Waals surface area contributed by atoms with Gasteiger partial charge in [0.05, 0.1) is 23.5 Å². The van der Waals surface area contributed by atoms with Crippen molar-refractivity contribution in [3.05, 3.63) is 58.2 Å². The van der Waals surface area contributed by atoms with Gasteiger partial charge in [-0.1, -0.05) is 23.7 Å². The summed E-state index contributed by atoms with van der Waals surface area (Å²) in [4.78, 5) is 27.7. The highest BCUT2D eigenvalue weighted by molar-refractivity contribution is 6.31. The molecule has 8 heteroatoms. The van der Waals surface area contributed by atoms with Crippen LogP contribution in [0.3, 0.4) is 0 Å². The van der Waals surface area contributed by atoms with Gasteiger partial charge >= 0.3 is 5.97 Å². The van der Waals surface area contributed by atoms with E-state index < -0.39 is 5.97 Å². The van der Waals surface area contributed by atoms with E-state index in [0.717, 1.165) is 28.4 Å². The molecule has 2 aromatic carbocycles. The van der Waals surface area contributed by atoms with Crippen LogP contribution in [0.15, 0.2) is 36.5 Å². The van der Waals surface area contributed by atoms with Gasteiger partial charge in [0.1, 0.15) is 11.3 Å². The molecule has 0 fully saturated rings. The smallest absolute Gasteiger partial charge is 0.341 e. The van der Waals surface area contributed by atoms with Gasteiger partial charge in [0.15, 0.2) is 0 Å². The molecule has 0 radical (unpaired) electrons. The minimum absolute atomic E-state index is 0.0259. The Morgan fingerprint density at radius 3 is 2.55 bits per heavy atom. The van der Waals surface area contributed by atoms with Gasteiger partial charge in [-0.3, -0.25) is 9.78 Å². The predicted molar refractivity (Wildman–Crippen MR) is 123 cm³/mol. The Kier molecular flexibility index (Phi) is 8.22. The largest absolute Gasteiger partial charge is 0.506 e. The SMILES string of the molecule is CCOC(=O)c1cnc2c(C)c(C)ccc2c1Nc1cc(Cl)ccc1O.CN(C)C=O. The number of nitrogens with one attached hydrogen (secondary N) is 1. The van der Waals surface area contributed by atoms with Crippen LogP contribution in [0.1, 0.15) is 28.4 Å². The van der Waals surface area contributed by atoms with Crippen LogP contribution < -0.4 is 5.32 Å². The van der Waals surface area contributed by atoms with E-state index in [1.807, 2.05) is 26.0 Å². The van der Waals surface area contributed by atoms with Gasteiger partial charge in [0.25, 0.3) is 0 Å². The van der Waals surface area contributed by atoms with Gasteiger partial charge in [0, 0.05) is 30.7 Å². The lowest BCUT2D eigenvalue weighted by molar-refractivity contribution is -0.115. The lowest BCUT2D eigenvalue weighted by atomic mass is 10.0. The minimum Gasteiger partial charge on any atom is -0.506 e. The first-order valence-corrected chi connectivity index (χ1v) is 10.0. The third-order valence-corrected chi connectivity index (χ3v) is 4.72. The maximum atomic E-state index is 12.4. The number of carbonyl (C=O) groups excluding carboxylic acids is 2. The highest BCUT2D eigenvalue weighted by atomic mass is 35.5. The molecule has 3 aromatic rings. The van der Waals surface area contributed by atoms with E-state index in [-0.39, 0.29) is 12.4 Å². The Hall–Kier alpha value is -3.32. The number of phenolic OH excluding ortho intramolecular Hbond substituents is 1. The van der Waals surface area contributed by atoms with Crippen LogP contribution in [0, 0.1) is 13.8 Å². The summed E-state index contributed by atoms with van der Waals surface area (Å²) in [6, 6.07) is 8.55. The second-order valence-electron chi connectivity index (χ2n) is 7.03. The summed E-state index contributed by atoms with van der Waals surface area (Å²) in [6.45, 7) is 5.99. The summed E-state index contributed by atoms with van der Waals surface area (Å²) < 4.78 is 5.16. The van der Waals surface area contributed by atoms with Crippen molar-refractivity contribution in [2.24, 2.45) is 0 Å². The summed E-state index contributed by atoms with van der Waals surface area (Å²) in [7, 11) is 3.38. The van der Waals surface area contributed by atoms with Gasteiger partial charge in [-0.15, -0.1) is 0 Å². The number of benzene rings is 2. The molecule has 0 saturated heterocycles. The number of hydrogen-bond donors (Lipinski definition) is 2. The quantitative estimate of drug-likeness (QED) is 0.333. The molecule has 1 amide bonds. The molecule has 0 atom stereocenters. The molecule has 2 N–H and O–H groups in total. The molecule has 0 bridgehead atoms. The van der Waals surface area contributed by atoms with Gasteiger partial charge in [0.2, 0.25) is 6.41 Å². The summed E-state index contributed by atoms with van der Waals surface area (Å²) in [5, 5.41) is 14.5. The van der Waals surface area contributed by atoms with E-state index in [4.69, 9.17) is 16.3 Å². The number of aromatic nitrogens is 1. The van der Waals surface area contributed by atoms with Crippen LogP contribution in [0.4, 0.5) is 11.4 Å². The molecule has 164 valence electrons. The van der Waals surface area contributed by atoms with Crippen LogP contribution in [0.2, 0.25) is 5.02 Å². The van der Waals surface area contributed by atoms with Crippen LogP contribution in [0.25, 0.3) is 10.9 Å². The maximum absolute atomic E-state index is 12.4. The molecule has 31 heavy (non-hydrogen) atoms. The molecule has 1 aromatic heterocycles. The molecule has 0 aliphatic rings. The van der Waals surface area contributed by atoms with Gasteiger partial charge in [-0.25, -0.2) is 4.79 Å². The average Bonchev–Trinajstić information content (AvgIpc) is 2.74. The van der Waals surface area contributed by atoms with Crippen molar-refractivity contribution in [3.63, 3.8) is 0 Å². The summed E-state index contributed by atoms with van der Waals surface area (Å²) in [6.07, 6.45) is 2.25. The fourth-order valence-electron chi connectivity index (χ4n) is 2.75. The van der Waals surface area contributed by atoms with E-state index in [0.29, 0.717) is 22.0 Å². The first-order valence-electron chi connectivity index (χ1n) is 9.62. The number of pyridine rings is 1. The molecule has 0 saturated carbocycles. The molecule has 3 rings (SSSR count). The van der Waals surface area contributed by atoms with Crippen molar-refractivity contribution >= 4 is 46.3 Å². The molecular weight excluding hydrogens is 418 g/mol. The van der Waals surface area contributed by atoms with E-state index in [9.17, 15) is 14.7 Å². The number of fused-ring (bicyclic) bond motifs is 1. The standard InChI is InChI=1S/C20H19ClN2O3.C3H7NO/c1-4-26-20(25)15-10-22-18-12(3)11(2)5-7-14(18)19(15)23-16-9-13(21)6-8-17(16)24;1-4(2)3-5/h5-10,24H,4H2,1-3H3,(H,22,23);3H,1-2H3. The zero-order valence-electron chi connectivity index (χ0n) is 18.2. The second kappa shape index (κ2) is 10.6. The Morgan fingerprint density at radius 1 is 1.26 bits per heavy atom. The first-order chi connectivity index (χ1) is 14.7. The normalized spacial score (nSPS) is 10.1. The van der Waals surface area contributed by atoms with Gasteiger partial charge in [-0.05, 0) is 50.1 Å². The topological polar surface area (TPSA) is 91.8 Å². The zero-order valence-corrected chi connectivity index (χ0v) is 18.9. The molecular formula is C23H26ClN3O4. The Morgan fingerprint density at radius 2 is 1.94 bits per heavy atom. The number of ether oxygens (including phenoxy) is 1. The predicted octanol–water partition coefficient (Wildman–Crippen LogP) is 4.84. The maximum Gasteiger partial charge on any atom is 0.341 e. The van der Waals surface area contributed by atoms with E-state index in [1.165, 1.54) is 17.2 Å². The Balaban J connectivity index is 0.000000614. The van der Waals surface area contributed by atoms with E-state index >= 15 is 0 Å². The zero-order chi connectivity index (χ0) is 23.1. The molecule has 0 unspecified atom stereocenters. The van der Waals surface area contributed by atoms with Crippen molar-refractivity contribution in [1.29, 1.82) is 0 Å². The number of nitrogens with zero attached hydrogens (tertiary/aromatic N) is 2. The van der Waals surface area contributed by atoms with Crippen molar-refractivity contribution in [2.45, 2.75) is 20.8 Å². The molecule has 1 heterocycles. The van der Waals surface area contributed by atoms with Crippen molar-refractivity contribution < 1.29 is 19.4 Å². The highest BCUT2D eigenvalue weighted by Gasteiger charge is 2.19. The lowest BCUT2D eigenvalue weighted by Crippen LogP contribution is -2.09. The number of halogens is 1. The lowest BCUT2D eigenvalue weighted by Gasteiger charge is -2.16. The number of anilines is 2. The number of esters is 1. The minimum atomic E-state index is -0.482. The van der Waals surface area contributed by atoms with Crippen molar-refractivity contribution in [3.8, 4) is 5.75 Å². The Labute approximate surface area is 186 Å². The second-order valence-corrected chi connectivity index (χ2v) is 7.46. The van der Waals surface area contributed by atoms with Crippen LogP contribution in [-0.4, -0.2) is 48.1 Å². The molecule has 7 nitrogen and oxygen atoms in total. The molecule has 0 spiro atoms. The van der Waals surface area contributed by atoms with Crippen LogP contribution in [-0.2, 0) is 9.53 Å². The van der Waals surface area contributed by atoms with E-state index in [2.05, 4.69) is 10.3 Å². The van der Waals surface area contributed by atoms with Gasteiger partial charge < -0.3 is 20.1 Å². The molecule has 0 aliphatic carbocycles. The van der Waals surface area contributed by atoms with Crippen LogP contribution in [0.5, 0.6) is 5.75 Å². The number of amides is 1. The van der Waals surface area contributed by atoms with E-state index in [1.54, 1.807) is 33.2 Å². The monoisotopic (exact) mass is 443 g/mol. The average molecular weight is 444 g/mol. The fraction of sp³-hybridized carbons (Fsp3) is 0.261. The van der Waals surface area contributed by atoms with Crippen molar-refractivity contribution in [1.82, 2.24) is 9.88 Å². The van der Waals surface area contributed by atoms with Gasteiger partial charge in [-0.2, -0.15) is 0 Å². The number of carbonyl (C=O) groups is 2. The van der Waals surface area contributed by atoms with Crippen LogP contribution >= 0.6 is 11.6 Å². The number of phenols is 1. The highest BCUT2D eigenvalue weighted by Crippen LogP contribution is 2.35. The summed E-state index contributed by atoms with van der Waals surface area (Å²) >= 11 is 6.04. The first kappa shape index (κ1) is 24.0. The third-order valence-electron chi connectivity index (χ3n) is 4.49. The number of aromatic hydroxyl groups is 1.